The third-order valence-corrected chi connectivity index (χ3v) is 4.36. The number of carboxylic acid groups (broad SMARTS) is 1. The van der Waals surface area contributed by atoms with Crippen molar-refractivity contribution in [3.8, 4) is 11.3 Å². The minimum absolute atomic E-state index is 0.00356. The zero-order valence-corrected chi connectivity index (χ0v) is 15.2. The molecule has 3 rings (SSSR count). The molecule has 0 fully saturated rings. The van der Waals surface area contributed by atoms with E-state index in [0.717, 1.165) is 11.8 Å². The molecular formula is C18H15N3O5S. The number of rotatable bonds is 6. The Balaban J connectivity index is 1.91. The zero-order valence-electron chi connectivity index (χ0n) is 14.4. The third kappa shape index (κ3) is 4.26. The minimum Gasteiger partial charge on any atom is -0.477 e. The van der Waals surface area contributed by atoms with E-state index in [0.29, 0.717) is 33.6 Å². The van der Waals surface area contributed by atoms with Gasteiger partial charge in [-0.3, -0.25) is 5.10 Å². The number of nitrogens with zero attached hydrogens (tertiary/aromatic N) is 2. The van der Waals surface area contributed by atoms with Crippen molar-refractivity contribution < 1.29 is 23.8 Å². The fourth-order valence-electron chi connectivity index (χ4n) is 2.29. The Bertz CT molecular complexity index is 1020. The van der Waals surface area contributed by atoms with Crippen LogP contribution in [-0.2, 0) is 9.53 Å². The fraction of sp³-hybridized carbons (Fsp3) is 0.111. The molecule has 0 amide bonds. The lowest BCUT2D eigenvalue weighted by Gasteiger charge is -2.04. The van der Waals surface area contributed by atoms with Gasteiger partial charge < -0.3 is 14.3 Å². The molecule has 0 aliphatic carbocycles. The number of aromatic amines is 1. The quantitative estimate of drug-likeness (QED) is 0.377. The first-order valence-electron chi connectivity index (χ1n) is 7.77. The number of carbonyl (C=O) groups is 2. The summed E-state index contributed by atoms with van der Waals surface area (Å²) in [6.07, 6.45) is 1.38. The van der Waals surface area contributed by atoms with E-state index in [1.54, 1.807) is 43.3 Å². The van der Waals surface area contributed by atoms with Crippen LogP contribution in [0.1, 0.15) is 21.9 Å². The molecule has 0 aliphatic rings. The van der Waals surface area contributed by atoms with Crippen molar-refractivity contribution in [3.05, 3.63) is 58.5 Å². The summed E-state index contributed by atoms with van der Waals surface area (Å²) in [5.74, 6) is -0.286. The Morgan fingerprint density at radius 1 is 1.26 bits per heavy atom. The summed E-state index contributed by atoms with van der Waals surface area (Å²) in [6, 6.07) is 10.1. The van der Waals surface area contributed by atoms with Gasteiger partial charge in [0.05, 0.1) is 12.7 Å². The summed E-state index contributed by atoms with van der Waals surface area (Å²) >= 11 is 0.903. The predicted octanol–water partition coefficient (Wildman–Crippen LogP) is 3.38. The van der Waals surface area contributed by atoms with Gasteiger partial charge in [-0.2, -0.15) is 0 Å². The number of methoxy groups -OCH3 is 1. The van der Waals surface area contributed by atoms with Crippen LogP contribution in [-0.4, -0.2) is 39.3 Å². The number of carbonyl (C=O) groups excluding carboxylic acids is 1. The van der Waals surface area contributed by atoms with Crippen LogP contribution in [0.2, 0.25) is 0 Å². The molecule has 0 bridgehead atoms. The van der Waals surface area contributed by atoms with Gasteiger partial charge in [-0.25, -0.2) is 14.6 Å². The third-order valence-electron chi connectivity index (χ3n) is 3.49. The van der Waals surface area contributed by atoms with Crippen LogP contribution in [0.4, 0.5) is 0 Å². The summed E-state index contributed by atoms with van der Waals surface area (Å²) in [5.41, 5.74) is 0.909. The van der Waals surface area contributed by atoms with Crippen molar-refractivity contribution >= 4 is 29.8 Å². The van der Waals surface area contributed by atoms with Gasteiger partial charge >= 0.3 is 11.9 Å². The van der Waals surface area contributed by atoms with Crippen molar-refractivity contribution in [1.29, 1.82) is 0 Å². The fourth-order valence-corrected chi connectivity index (χ4v) is 3.02. The Hall–Kier alpha value is -3.33. The number of hydrogen-bond acceptors (Lipinski definition) is 7. The smallest absolute Gasteiger partial charge is 0.342 e. The summed E-state index contributed by atoms with van der Waals surface area (Å²) in [7, 11) is 1.30. The van der Waals surface area contributed by atoms with Crippen molar-refractivity contribution in [2.24, 2.45) is 0 Å². The number of ether oxygens (including phenoxy) is 1. The van der Waals surface area contributed by atoms with E-state index in [1.165, 1.54) is 13.2 Å². The van der Waals surface area contributed by atoms with Gasteiger partial charge in [0.25, 0.3) is 0 Å². The highest BCUT2D eigenvalue weighted by atomic mass is 32.2. The second kappa shape index (κ2) is 7.92. The molecule has 0 unspecified atom stereocenters. The zero-order chi connectivity index (χ0) is 19.4. The highest BCUT2D eigenvalue weighted by Crippen LogP contribution is 2.30. The van der Waals surface area contributed by atoms with Gasteiger partial charge in [0, 0.05) is 11.6 Å². The number of furan rings is 1. The number of benzene rings is 1. The van der Waals surface area contributed by atoms with Gasteiger partial charge in [-0.15, -0.1) is 5.10 Å². The number of thioether (sulfide) groups is 1. The molecule has 2 N–H and O–H groups in total. The normalized spacial score (nSPS) is 11.4. The summed E-state index contributed by atoms with van der Waals surface area (Å²) in [6.45, 7) is 1.72. The molecule has 0 saturated carbocycles. The highest BCUT2D eigenvalue weighted by Gasteiger charge is 2.17. The number of esters is 1. The van der Waals surface area contributed by atoms with Crippen molar-refractivity contribution in [2.45, 2.75) is 12.1 Å². The molecule has 3 aromatic rings. The van der Waals surface area contributed by atoms with Crippen LogP contribution in [0.5, 0.6) is 0 Å². The van der Waals surface area contributed by atoms with Gasteiger partial charge in [0.2, 0.25) is 5.16 Å². The molecule has 2 aromatic heterocycles. The highest BCUT2D eigenvalue weighted by molar-refractivity contribution is 8.04. The van der Waals surface area contributed by atoms with Crippen LogP contribution in [0.15, 0.2) is 50.9 Å². The van der Waals surface area contributed by atoms with Gasteiger partial charge in [0.15, 0.2) is 0 Å². The standard InChI is InChI=1S/C18H15N3O5S/c1-10-19-18(21-20-10)27-15(16(22)23)9-11-7-8-14(26-11)12-5-3-4-6-13(12)17(24)25-2/h3-9H,1-2H3,(H,22,23)(H,19,20,21)/b15-9+. The number of aliphatic carboxylic acids is 1. The van der Waals surface area contributed by atoms with E-state index >= 15 is 0 Å². The van der Waals surface area contributed by atoms with Crippen LogP contribution >= 0.6 is 11.8 Å². The minimum atomic E-state index is -1.13. The van der Waals surface area contributed by atoms with Crippen LogP contribution in [0.25, 0.3) is 17.4 Å². The molecule has 138 valence electrons. The van der Waals surface area contributed by atoms with Crippen molar-refractivity contribution in [2.75, 3.05) is 7.11 Å². The molecule has 2 heterocycles. The lowest BCUT2D eigenvalue weighted by molar-refractivity contribution is -0.131. The first kappa shape index (κ1) is 18.5. The van der Waals surface area contributed by atoms with Crippen molar-refractivity contribution in [1.82, 2.24) is 15.2 Å². The Morgan fingerprint density at radius 2 is 2.04 bits per heavy atom. The number of nitrogens with one attached hydrogen (secondary N) is 1. The predicted molar refractivity (Wildman–Crippen MR) is 98.1 cm³/mol. The van der Waals surface area contributed by atoms with E-state index in [4.69, 9.17) is 9.15 Å². The molecule has 27 heavy (non-hydrogen) atoms. The first-order chi connectivity index (χ1) is 13.0. The molecule has 1 aromatic carbocycles. The van der Waals surface area contributed by atoms with E-state index in [2.05, 4.69) is 15.2 Å². The average molecular weight is 385 g/mol. The van der Waals surface area contributed by atoms with Gasteiger partial charge in [0.1, 0.15) is 22.3 Å². The Morgan fingerprint density at radius 3 is 2.70 bits per heavy atom. The van der Waals surface area contributed by atoms with Crippen molar-refractivity contribution in [3.63, 3.8) is 0 Å². The maximum atomic E-state index is 11.9. The Kier molecular flexibility index (Phi) is 5.41. The lowest BCUT2D eigenvalue weighted by Crippen LogP contribution is -2.02. The maximum Gasteiger partial charge on any atom is 0.342 e. The average Bonchev–Trinajstić information content (AvgIpc) is 3.29. The van der Waals surface area contributed by atoms with Crippen LogP contribution < -0.4 is 0 Å². The number of H-pyrrole nitrogens is 1. The first-order valence-corrected chi connectivity index (χ1v) is 8.59. The molecule has 0 aliphatic heterocycles. The summed E-state index contributed by atoms with van der Waals surface area (Å²) in [4.78, 5) is 27.5. The topological polar surface area (TPSA) is 118 Å². The molecule has 0 radical (unpaired) electrons. The largest absolute Gasteiger partial charge is 0.477 e. The second-order valence-electron chi connectivity index (χ2n) is 5.36. The van der Waals surface area contributed by atoms with Gasteiger partial charge in [-0.1, -0.05) is 18.2 Å². The SMILES string of the molecule is COC(=O)c1ccccc1-c1ccc(/C=C(/Sc2n[nH]c(C)n2)C(=O)O)o1. The maximum absolute atomic E-state index is 11.9. The molecule has 9 heteroatoms. The lowest BCUT2D eigenvalue weighted by atomic mass is 10.1. The summed E-state index contributed by atoms with van der Waals surface area (Å²) < 4.78 is 10.5. The number of hydrogen-bond donors (Lipinski definition) is 2. The number of aryl methyl sites for hydroxylation is 1. The van der Waals surface area contributed by atoms with E-state index in [-0.39, 0.29) is 4.91 Å². The number of carboxylic acids is 1. The molecule has 0 spiro atoms. The molecule has 8 nitrogen and oxygen atoms in total. The van der Waals surface area contributed by atoms with Gasteiger partial charge in [-0.05, 0) is 36.9 Å². The van der Waals surface area contributed by atoms with E-state index < -0.39 is 11.9 Å². The van der Waals surface area contributed by atoms with Crippen LogP contribution in [0.3, 0.4) is 0 Å². The molecule has 0 saturated heterocycles. The number of aromatic nitrogens is 3. The Labute approximate surface area is 158 Å². The van der Waals surface area contributed by atoms with Crippen LogP contribution in [0, 0.1) is 6.92 Å². The summed E-state index contributed by atoms with van der Waals surface area (Å²) in [5, 5.41) is 16.3. The second-order valence-corrected chi connectivity index (χ2v) is 6.37. The van der Waals surface area contributed by atoms with E-state index in [9.17, 15) is 14.7 Å². The van der Waals surface area contributed by atoms with E-state index in [1.807, 2.05) is 0 Å². The molecular weight excluding hydrogens is 370 g/mol. The molecule has 0 atom stereocenters. The monoisotopic (exact) mass is 385 g/mol.